The predicted octanol–water partition coefficient (Wildman–Crippen LogP) is 3.86. The maximum absolute atomic E-state index is 12.8. The van der Waals surface area contributed by atoms with Crippen LogP contribution in [0, 0.1) is 0 Å². The first-order valence-corrected chi connectivity index (χ1v) is 9.57. The fraction of sp³-hybridized carbons (Fsp3) is 0.333. The van der Waals surface area contributed by atoms with Crippen LogP contribution in [0.5, 0.6) is 0 Å². The summed E-state index contributed by atoms with van der Waals surface area (Å²) in [6.45, 7) is 4.93. The molecule has 0 radical (unpaired) electrons. The monoisotopic (exact) mass is 361 g/mol. The van der Waals surface area contributed by atoms with E-state index in [0.717, 1.165) is 42.5 Å². The van der Waals surface area contributed by atoms with Gasteiger partial charge in [-0.25, -0.2) is 4.52 Å². The number of aryl methyl sites for hydroxylation is 2. The molecule has 6 heteroatoms. The molecular weight excluding hydrogens is 338 g/mol. The third-order valence-electron chi connectivity index (χ3n) is 4.92. The summed E-state index contributed by atoms with van der Waals surface area (Å²) in [6, 6.07) is 12.0. The highest BCUT2D eigenvalue weighted by Gasteiger charge is 2.18. The van der Waals surface area contributed by atoms with Crippen LogP contribution in [-0.4, -0.2) is 24.4 Å². The first-order chi connectivity index (χ1) is 13.2. The number of pyridine rings is 1. The lowest BCUT2D eigenvalue weighted by Crippen LogP contribution is -2.21. The minimum Gasteiger partial charge on any atom is -0.313 e. The lowest BCUT2D eigenvalue weighted by molar-refractivity contribution is 0.589. The van der Waals surface area contributed by atoms with Crippen LogP contribution in [0.2, 0.25) is 0 Å². The molecule has 0 unspecified atom stereocenters. The summed E-state index contributed by atoms with van der Waals surface area (Å²) in [4.78, 5) is 12.8. The van der Waals surface area contributed by atoms with Gasteiger partial charge >= 0.3 is 0 Å². The maximum atomic E-state index is 12.8. The molecule has 0 bridgehead atoms. The molecule has 0 amide bonds. The molecule has 0 N–H and O–H groups in total. The van der Waals surface area contributed by atoms with Gasteiger partial charge in [0, 0.05) is 12.7 Å². The molecule has 0 saturated heterocycles. The van der Waals surface area contributed by atoms with E-state index in [0.29, 0.717) is 23.2 Å². The van der Waals surface area contributed by atoms with E-state index in [1.54, 1.807) is 9.08 Å². The van der Waals surface area contributed by atoms with Crippen LogP contribution >= 0.6 is 0 Å². The van der Waals surface area contributed by atoms with Crippen LogP contribution in [0.15, 0.2) is 47.4 Å². The molecule has 6 nitrogen and oxygen atoms in total. The number of fused-ring (bicyclic) bond motifs is 3. The van der Waals surface area contributed by atoms with Gasteiger partial charge in [0.15, 0.2) is 11.2 Å². The molecule has 3 aromatic heterocycles. The molecule has 0 fully saturated rings. The zero-order chi connectivity index (χ0) is 18.8. The Morgan fingerprint density at radius 1 is 1.00 bits per heavy atom. The van der Waals surface area contributed by atoms with Gasteiger partial charge in [-0.3, -0.25) is 4.79 Å². The Hall–Kier alpha value is -3.02. The average Bonchev–Trinajstić information content (AvgIpc) is 3.09. The molecule has 0 aliphatic rings. The van der Waals surface area contributed by atoms with Crippen LogP contribution in [0.3, 0.4) is 0 Å². The molecule has 0 atom stereocenters. The summed E-state index contributed by atoms with van der Waals surface area (Å²) in [6.07, 6.45) is 5.84. The highest BCUT2D eigenvalue weighted by molar-refractivity contribution is 5.84. The summed E-state index contributed by atoms with van der Waals surface area (Å²) in [5.41, 5.74) is 4.65. The van der Waals surface area contributed by atoms with Crippen molar-refractivity contribution < 1.29 is 0 Å². The van der Waals surface area contributed by atoms with Gasteiger partial charge in [-0.1, -0.05) is 57.0 Å². The van der Waals surface area contributed by atoms with Gasteiger partial charge in [-0.05, 0) is 24.5 Å². The molecule has 0 aliphatic heterocycles. The van der Waals surface area contributed by atoms with Crippen LogP contribution in [0.1, 0.15) is 38.8 Å². The molecule has 4 aromatic rings. The normalized spacial score (nSPS) is 11.5. The summed E-state index contributed by atoms with van der Waals surface area (Å²) >= 11 is 0. The molecule has 1 aromatic carbocycles. The first kappa shape index (κ1) is 17.4. The second-order valence-electron chi connectivity index (χ2n) is 6.73. The van der Waals surface area contributed by atoms with E-state index >= 15 is 0 Å². The Balaban J connectivity index is 1.91. The van der Waals surface area contributed by atoms with Gasteiger partial charge in [0.05, 0.1) is 11.3 Å². The minimum atomic E-state index is -0.104. The second-order valence-corrected chi connectivity index (χ2v) is 6.73. The third-order valence-corrected chi connectivity index (χ3v) is 4.92. The van der Waals surface area contributed by atoms with Crippen molar-refractivity contribution in [1.82, 2.24) is 24.4 Å². The van der Waals surface area contributed by atoms with E-state index in [9.17, 15) is 4.79 Å². The number of hydrogen-bond acceptors (Lipinski definition) is 4. The van der Waals surface area contributed by atoms with Crippen molar-refractivity contribution in [3.05, 3.63) is 58.6 Å². The number of hydrogen-bond donors (Lipinski definition) is 0. The minimum absolute atomic E-state index is 0.104. The van der Waals surface area contributed by atoms with Crippen molar-refractivity contribution in [2.24, 2.45) is 0 Å². The van der Waals surface area contributed by atoms with Gasteiger partial charge in [0.1, 0.15) is 5.52 Å². The standard InChI is InChI=1S/C21H23N5O/c1-3-5-9-13-25-14-12-17-19(21(25)27)22-23-20-18(15-10-7-6-8-11-15)16(4-2)24-26(17)20/h6-8,10-12,14H,3-5,9,13H2,1-2H3. The zero-order valence-corrected chi connectivity index (χ0v) is 15.7. The van der Waals surface area contributed by atoms with Crippen molar-refractivity contribution >= 4 is 16.7 Å². The van der Waals surface area contributed by atoms with Crippen LogP contribution in [0.4, 0.5) is 0 Å². The maximum Gasteiger partial charge on any atom is 0.280 e. The SMILES string of the molecule is CCCCCn1ccc2c(nnc3c(-c4ccccc4)c(CC)nn32)c1=O. The van der Waals surface area contributed by atoms with Gasteiger partial charge in [0.25, 0.3) is 5.56 Å². The third kappa shape index (κ3) is 3.01. The number of nitrogens with zero attached hydrogens (tertiary/aromatic N) is 5. The lowest BCUT2D eigenvalue weighted by Gasteiger charge is -2.07. The fourth-order valence-electron chi connectivity index (χ4n) is 3.48. The zero-order valence-electron chi connectivity index (χ0n) is 15.7. The summed E-state index contributed by atoms with van der Waals surface area (Å²) in [5, 5.41) is 13.4. The molecule has 138 valence electrons. The smallest absolute Gasteiger partial charge is 0.280 e. The van der Waals surface area contributed by atoms with Crippen LogP contribution in [-0.2, 0) is 13.0 Å². The highest BCUT2D eigenvalue weighted by Crippen LogP contribution is 2.28. The molecule has 0 aliphatic carbocycles. The second kappa shape index (κ2) is 7.31. The van der Waals surface area contributed by atoms with Gasteiger partial charge < -0.3 is 4.57 Å². The number of rotatable bonds is 6. The summed E-state index contributed by atoms with van der Waals surface area (Å²) < 4.78 is 3.49. The Kier molecular flexibility index (Phi) is 4.71. The molecule has 4 rings (SSSR count). The number of benzene rings is 1. The van der Waals surface area contributed by atoms with Crippen molar-refractivity contribution in [3.8, 4) is 11.1 Å². The van der Waals surface area contributed by atoms with Crippen LogP contribution in [0.25, 0.3) is 27.8 Å². The Bertz CT molecular complexity index is 1140. The first-order valence-electron chi connectivity index (χ1n) is 9.57. The van der Waals surface area contributed by atoms with E-state index in [1.807, 2.05) is 42.6 Å². The Labute approximate surface area is 157 Å². The predicted molar refractivity (Wildman–Crippen MR) is 107 cm³/mol. The van der Waals surface area contributed by atoms with Gasteiger partial charge in [-0.2, -0.15) is 5.10 Å². The van der Waals surface area contributed by atoms with Crippen molar-refractivity contribution in [1.29, 1.82) is 0 Å². The average molecular weight is 361 g/mol. The van der Waals surface area contributed by atoms with E-state index in [2.05, 4.69) is 24.0 Å². The highest BCUT2D eigenvalue weighted by atomic mass is 16.1. The molecule has 3 heterocycles. The molecule has 0 saturated carbocycles. The van der Waals surface area contributed by atoms with E-state index in [-0.39, 0.29) is 5.56 Å². The topological polar surface area (TPSA) is 65.1 Å². The summed E-state index contributed by atoms with van der Waals surface area (Å²) in [7, 11) is 0. The van der Waals surface area contributed by atoms with Gasteiger partial charge in [-0.15, -0.1) is 10.2 Å². The van der Waals surface area contributed by atoms with Gasteiger partial charge in [0.2, 0.25) is 0 Å². The van der Waals surface area contributed by atoms with E-state index in [4.69, 9.17) is 5.10 Å². The number of aromatic nitrogens is 5. The van der Waals surface area contributed by atoms with E-state index in [1.165, 1.54) is 0 Å². The van der Waals surface area contributed by atoms with Crippen LogP contribution < -0.4 is 5.56 Å². The molecule has 27 heavy (non-hydrogen) atoms. The molecular formula is C21H23N5O. The van der Waals surface area contributed by atoms with Crippen molar-refractivity contribution in [3.63, 3.8) is 0 Å². The number of unbranched alkanes of at least 4 members (excludes halogenated alkanes) is 2. The summed E-state index contributed by atoms with van der Waals surface area (Å²) in [5.74, 6) is 0. The lowest BCUT2D eigenvalue weighted by atomic mass is 10.0. The molecule has 0 spiro atoms. The largest absolute Gasteiger partial charge is 0.313 e. The fourth-order valence-corrected chi connectivity index (χ4v) is 3.48. The Morgan fingerprint density at radius 2 is 1.81 bits per heavy atom. The quantitative estimate of drug-likeness (QED) is 0.489. The van der Waals surface area contributed by atoms with E-state index < -0.39 is 0 Å². The van der Waals surface area contributed by atoms with Crippen molar-refractivity contribution in [2.75, 3.05) is 0 Å². The van der Waals surface area contributed by atoms with Crippen molar-refractivity contribution in [2.45, 2.75) is 46.1 Å². The Morgan fingerprint density at radius 3 is 2.56 bits per heavy atom.